The molecule has 0 heterocycles. The molecule has 0 saturated heterocycles. The fourth-order valence-electron chi connectivity index (χ4n) is 1.53. The van der Waals surface area contributed by atoms with Crippen LogP contribution in [0.3, 0.4) is 0 Å². The molecule has 9 heteroatoms. The lowest BCUT2D eigenvalue weighted by atomic mass is 10.3. The summed E-state index contributed by atoms with van der Waals surface area (Å²) in [5.41, 5.74) is 4.09. The Bertz CT molecular complexity index is 812. The molecular weight excluding hydrogens is 373 g/mol. The predicted molar refractivity (Wildman–Crippen MR) is 75.7 cm³/mol. The Kier molecular flexibility index (Phi) is 4.15. The third-order valence-corrected chi connectivity index (χ3v) is 4.59. The van der Waals surface area contributed by atoms with Gasteiger partial charge < -0.3 is 5.73 Å². The smallest absolute Gasteiger partial charge is 0.264 e. The van der Waals surface area contributed by atoms with Crippen LogP contribution in [0.4, 0.5) is 24.5 Å². The predicted octanol–water partition coefficient (Wildman–Crippen LogP) is 3.25. The number of rotatable bonds is 3. The molecule has 0 spiro atoms. The minimum atomic E-state index is -4.37. The molecule has 3 N–H and O–H groups in total. The summed E-state index contributed by atoms with van der Waals surface area (Å²) in [7, 11) is -4.37. The molecule has 0 amide bonds. The highest BCUT2D eigenvalue weighted by atomic mass is 79.9. The fraction of sp³-hybridized carbons (Fsp3) is 0. The summed E-state index contributed by atoms with van der Waals surface area (Å²) in [4.78, 5) is -0.829. The average Bonchev–Trinajstić information content (AvgIpc) is 2.39. The van der Waals surface area contributed by atoms with Crippen molar-refractivity contribution in [2.45, 2.75) is 4.90 Å². The number of nitrogens with one attached hydrogen (secondary N) is 1. The first-order valence-electron chi connectivity index (χ1n) is 5.43. The maximum atomic E-state index is 13.7. The molecule has 112 valence electrons. The van der Waals surface area contributed by atoms with Crippen molar-refractivity contribution in [2.24, 2.45) is 0 Å². The topological polar surface area (TPSA) is 72.2 Å². The van der Waals surface area contributed by atoms with Crippen LogP contribution in [0.25, 0.3) is 0 Å². The molecule has 0 saturated carbocycles. The van der Waals surface area contributed by atoms with Crippen molar-refractivity contribution in [3.8, 4) is 0 Å². The number of benzene rings is 2. The van der Waals surface area contributed by atoms with Gasteiger partial charge in [0, 0.05) is 0 Å². The van der Waals surface area contributed by atoms with Gasteiger partial charge in [-0.3, -0.25) is 4.72 Å². The van der Waals surface area contributed by atoms with Crippen LogP contribution in [-0.4, -0.2) is 8.42 Å². The van der Waals surface area contributed by atoms with Gasteiger partial charge in [-0.1, -0.05) is 0 Å². The van der Waals surface area contributed by atoms with E-state index in [9.17, 15) is 21.6 Å². The summed E-state index contributed by atoms with van der Waals surface area (Å²) in [6, 6.07) is 4.93. The van der Waals surface area contributed by atoms with Crippen LogP contribution in [0.15, 0.2) is 39.7 Å². The molecule has 0 aromatic heterocycles. The van der Waals surface area contributed by atoms with Crippen LogP contribution < -0.4 is 10.5 Å². The monoisotopic (exact) mass is 380 g/mol. The van der Waals surface area contributed by atoms with Gasteiger partial charge in [-0.15, -0.1) is 0 Å². The summed E-state index contributed by atoms with van der Waals surface area (Å²) in [5.74, 6) is -3.17. The first-order chi connectivity index (χ1) is 9.72. The third-order valence-electron chi connectivity index (χ3n) is 2.55. The van der Waals surface area contributed by atoms with Gasteiger partial charge in [-0.2, -0.15) is 0 Å². The van der Waals surface area contributed by atoms with Crippen molar-refractivity contribution in [3.05, 3.63) is 52.3 Å². The number of hydrogen-bond acceptors (Lipinski definition) is 3. The lowest BCUT2D eigenvalue weighted by Gasteiger charge is -2.10. The molecular formula is C12H8BrF3N2O2S. The van der Waals surface area contributed by atoms with Crippen LogP contribution in [0.2, 0.25) is 0 Å². The Hall–Kier alpha value is -1.74. The number of sulfonamides is 1. The first kappa shape index (κ1) is 15.6. The van der Waals surface area contributed by atoms with Gasteiger partial charge in [0.05, 0.1) is 10.2 Å². The molecule has 2 aromatic carbocycles. The highest BCUT2D eigenvalue weighted by Crippen LogP contribution is 2.26. The summed E-state index contributed by atoms with van der Waals surface area (Å²) in [6.45, 7) is 0. The Balaban J connectivity index is 2.43. The molecule has 0 fully saturated rings. The summed E-state index contributed by atoms with van der Waals surface area (Å²) >= 11 is 2.91. The van der Waals surface area contributed by atoms with Crippen molar-refractivity contribution in [1.82, 2.24) is 0 Å². The molecule has 0 radical (unpaired) electrons. The number of nitrogen functional groups attached to an aromatic ring is 1. The molecule has 2 rings (SSSR count). The lowest BCUT2D eigenvalue weighted by Crippen LogP contribution is -2.16. The summed E-state index contributed by atoms with van der Waals surface area (Å²) in [5, 5.41) is 0. The second-order valence-corrected chi connectivity index (χ2v) is 6.51. The quantitative estimate of drug-likeness (QED) is 0.802. The van der Waals surface area contributed by atoms with Gasteiger partial charge >= 0.3 is 0 Å². The lowest BCUT2D eigenvalue weighted by molar-refractivity contribution is 0.557. The van der Waals surface area contributed by atoms with E-state index >= 15 is 0 Å². The van der Waals surface area contributed by atoms with E-state index in [4.69, 9.17) is 5.73 Å². The molecule has 0 bridgehead atoms. The zero-order valence-electron chi connectivity index (χ0n) is 10.2. The van der Waals surface area contributed by atoms with E-state index in [-0.39, 0.29) is 10.2 Å². The van der Waals surface area contributed by atoms with Crippen molar-refractivity contribution in [1.29, 1.82) is 0 Å². The minimum absolute atomic E-state index is 0.113. The second kappa shape index (κ2) is 5.57. The molecule has 2 aromatic rings. The van der Waals surface area contributed by atoms with Crippen LogP contribution in [0, 0.1) is 17.5 Å². The molecule has 0 aliphatic carbocycles. The Morgan fingerprint density at radius 2 is 1.71 bits per heavy atom. The molecule has 21 heavy (non-hydrogen) atoms. The third kappa shape index (κ3) is 3.13. The van der Waals surface area contributed by atoms with E-state index in [0.717, 1.165) is 18.2 Å². The Morgan fingerprint density at radius 1 is 1.05 bits per heavy atom. The number of anilines is 2. The highest BCUT2D eigenvalue weighted by molar-refractivity contribution is 9.10. The fourth-order valence-corrected chi connectivity index (χ4v) is 2.91. The average molecular weight is 381 g/mol. The minimum Gasteiger partial charge on any atom is -0.394 e. The van der Waals surface area contributed by atoms with E-state index in [1.54, 1.807) is 0 Å². The van der Waals surface area contributed by atoms with Gasteiger partial charge in [0.15, 0.2) is 5.82 Å². The van der Waals surface area contributed by atoms with Crippen LogP contribution in [0.1, 0.15) is 0 Å². The normalized spacial score (nSPS) is 11.4. The van der Waals surface area contributed by atoms with Crippen molar-refractivity contribution >= 4 is 37.3 Å². The Labute approximate surface area is 127 Å². The van der Waals surface area contributed by atoms with Gasteiger partial charge in [0.1, 0.15) is 22.2 Å². The number of halogens is 4. The van der Waals surface area contributed by atoms with E-state index in [1.807, 2.05) is 4.72 Å². The molecule has 4 nitrogen and oxygen atoms in total. The SMILES string of the molecule is Nc1c(F)ccc(S(=O)(=O)Nc2ccc(Br)c(F)c2)c1F. The summed E-state index contributed by atoms with van der Waals surface area (Å²) < 4.78 is 66.3. The van der Waals surface area contributed by atoms with Gasteiger partial charge in [0.2, 0.25) is 0 Å². The summed E-state index contributed by atoms with van der Waals surface area (Å²) in [6.07, 6.45) is 0. The maximum Gasteiger partial charge on any atom is 0.264 e. The van der Waals surface area contributed by atoms with Gasteiger partial charge in [-0.05, 0) is 46.3 Å². The standard InChI is InChI=1S/C12H8BrF3N2O2S/c13-7-2-1-6(5-9(7)15)18-21(19,20)10-4-3-8(14)12(17)11(10)16/h1-5,18H,17H2. The first-order valence-corrected chi connectivity index (χ1v) is 7.71. The molecule has 0 atom stereocenters. The van der Waals surface area contributed by atoms with Crippen LogP contribution >= 0.6 is 15.9 Å². The largest absolute Gasteiger partial charge is 0.394 e. The van der Waals surface area contributed by atoms with E-state index in [2.05, 4.69) is 15.9 Å². The van der Waals surface area contributed by atoms with Crippen molar-refractivity contribution in [2.75, 3.05) is 10.5 Å². The second-order valence-electron chi connectivity index (χ2n) is 4.01. The van der Waals surface area contributed by atoms with E-state index in [0.29, 0.717) is 0 Å². The molecule has 0 unspecified atom stereocenters. The molecule has 0 aliphatic rings. The maximum absolute atomic E-state index is 13.7. The van der Waals surface area contributed by atoms with E-state index in [1.165, 1.54) is 12.1 Å². The van der Waals surface area contributed by atoms with Crippen molar-refractivity contribution < 1.29 is 21.6 Å². The number of nitrogens with two attached hydrogens (primary N) is 1. The highest BCUT2D eigenvalue weighted by Gasteiger charge is 2.23. The zero-order chi connectivity index (χ0) is 15.8. The van der Waals surface area contributed by atoms with Crippen LogP contribution in [-0.2, 0) is 10.0 Å². The van der Waals surface area contributed by atoms with Crippen LogP contribution in [0.5, 0.6) is 0 Å². The van der Waals surface area contributed by atoms with E-state index < -0.39 is 38.1 Å². The molecule has 0 aliphatic heterocycles. The van der Waals surface area contributed by atoms with Gasteiger partial charge in [-0.25, -0.2) is 21.6 Å². The number of hydrogen-bond donors (Lipinski definition) is 2. The Morgan fingerprint density at radius 3 is 2.33 bits per heavy atom. The zero-order valence-corrected chi connectivity index (χ0v) is 12.6. The van der Waals surface area contributed by atoms with Crippen molar-refractivity contribution in [3.63, 3.8) is 0 Å². The van der Waals surface area contributed by atoms with Gasteiger partial charge in [0.25, 0.3) is 10.0 Å².